The maximum absolute atomic E-state index is 12.4. The molecule has 2 rings (SSSR count). The number of hydrogen-bond acceptors (Lipinski definition) is 2. The SMILES string of the molecule is CCc1ccc(C(=O)N(C)CC2(CN)CCC2)cc1. The number of amides is 1. The number of nitrogens with zero attached hydrogens (tertiary/aromatic N) is 1. The van der Waals surface area contributed by atoms with E-state index in [4.69, 9.17) is 5.73 Å². The average Bonchev–Trinajstić information content (AvgIpc) is 2.42. The monoisotopic (exact) mass is 260 g/mol. The van der Waals surface area contributed by atoms with Gasteiger partial charge < -0.3 is 10.6 Å². The van der Waals surface area contributed by atoms with Crippen molar-refractivity contribution in [3.63, 3.8) is 0 Å². The van der Waals surface area contributed by atoms with E-state index in [0.29, 0.717) is 6.54 Å². The summed E-state index contributed by atoms with van der Waals surface area (Å²) in [4.78, 5) is 14.2. The third kappa shape index (κ3) is 2.98. The minimum atomic E-state index is 0.0994. The Hall–Kier alpha value is -1.35. The van der Waals surface area contributed by atoms with Crippen LogP contribution in [-0.2, 0) is 6.42 Å². The molecule has 0 aliphatic heterocycles. The van der Waals surface area contributed by atoms with E-state index in [1.807, 2.05) is 36.2 Å². The number of carbonyl (C=O) groups excluding carboxylic acids is 1. The first-order valence-corrected chi connectivity index (χ1v) is 7.15. The molecule has 3 heteroatoms. The average molecular weight is 260 g/mol. The number of hydrogen-bond donors (Lipinski definition) is 1. The summed E-state index contributed by atoms with van der Waals surface area (Å²) in [6.07, 6.45) is 4.54. The van der Waals surface area contributed by atoms with Crippen LogP contribution < -0.4 is 5.73 Å². The molecule has 1 aliphatic rings. The molecule has 1 aromatic carbocycles. The Bertz CT molecular complexity index is 429. The molecular weight excluding hydrogens is 236 g/mol. The molecule has 1 aromatic rings. The molecule has 0 unspecified atom stereocenters. The van der Waals surface area contributed by atoms with Crippen LogP contribution in [0.3, 0.4) is 0 Å². The van der Waals surface area contributed by atoms with Gasteiger partial charge in [-0.3, -0.25) is 4.79 Å². The molecule has 1 fully saturated rings. The topological polar surface area (TPSA) is 46.3 Å². The van der Waals surface area contributed by atoms with Gasteiger partial charge in [0.25, 0.3) is 5.91 Å². The molecule has 19 heavy (non-hydrogen) atoms. The van der Waals surface area contributed by atoms with Crippen molar-refractivity contribution in [3.8, 4) is 0 Å². The minimum Gasteiger partial charge on any atom is -0.341 e. The predicted octanol–water partition coefficient (Wildman–Crippen LogP) is 2.45. The molecule has 1 saturated carbocycles. The fourth-order valence-electron chi connectivity index (χ4n) is 2.78. The van der Waals surface area contributed by atoms with Crippen molar-refractivity contribution in [2.75, 3.05) is 20.1 Å². The van der Waals surface area contributed by atoms with Gasteiger partial charge in [0.15, 0.2) is 0 Å². The maximum atomic E-state index is 12.4. The van der Waals surface area contributed by atoms with Gasteiger partial charge in [0, 0.05) is 24.6 Å². The van der Waals surface area contributed by atoms with E-state index >= 15 is 0 Å². The van der Waals surface area contributed by atoms with E-state index in [0.717, 1.165) is 31.4 Å². The highest BCUT2D eigenvalue weighted by Gasteiger charge is 2.37. The second-order valence-electron chi connectivity index (χ2n) is 5.77. The summed E-state index contributed by atoms with van der Waals surface area (Å²) in [5, 5.41) is 0. The predicted molar refractivity (Wildman–Crippen MR) is 78.1 cm³/mol. The Morgan fingerprint density at radius 3 is 2.37 bits per heavy atom. The van der Waals surface area contributed by atoms with E-state index in [1.54, 1.807) is 0 Å². The van der Waals surface area contributed by atoms with Crippen molar-refractivity contribution in [1.29, 1.82) is 0 Å². The quantitative estimate of drug-likeness (QED) is 0.884. The zero-order valence-corrected chi connectivity index (χ0v) is 12.0. The molecule has 0 spiro atoms. The van der Waals surface area contributed by atoms with Crippen LogP contribution >= 0.6 is 0 Å². The second kappa shape index (κ2) is 5.74. The number of benzene rings is 1. The lowest BCUT2D eigenvalue weighted by Gasteiger charge is -2.43. The Kier molecular flexibility index (Phi) is 4.25. The number of aryl methyl sites for hydroxylation is 1. The van der Waals surface area contributed by atoms with Gasteiger partial charge in [0.1, 0.15) is 0 Å². The molecule has 0 atom stereocenters. The van der Waals surface area contributed by atoms with Crippen molar-refractivity contribution in [2.45, 2.75) is 32.6 Å². The highest BCUT2D eigenvalue weighted by atomic mass is 16.2. The number of nitrogens with two attached hydrogens (primary N) is 1. The van der Waals surface area contributed by atoms with Gasteiger partial charge in [-0.25, -0.2) is 0 Å². The van der Waals surface area contributed by atoms with Crippen LogP contribution in [0.15, 0.2) is 24.3 Å². The largest absolute Gasteiger partial charge is 0.341 e. The zero-order valence-electron chi connectivity index (χ0n) is 12.0. The van der Waals surface area contributed by atoms with Crippen LogP contribution in [-0.4, -0.2) is 30.9 Å². The maximum Gasteiger partial charge on any atom is 0.253 e. The molecular formula is C16H24N2O. The second-order valence-corrected chi connectivity index (χ2v) is 5.77. The summed E-state index contributed by atoms with van der Waals surface area (Å²) in [5.41, 5.74) is 8.06. The molecule has 0 heterocycles. The van der Waals surface area contributed by atoms with Crippen LogP contribution in [0.4, 0.5) is 0 Å². The summed E-state index contributed by atoms with van der Waals surface area (Å²) in [6.45, 7) is 3.57. The first-order chi connectivity index (χ1) is 9.10. The molecule has 0 saturated heterocycles. The first-order valence-electron chi connectivity index (χ1n) is 7.15. The lowest BCUT2D eigenvalue weighted by molar-refractivity contribution is 0.0568. The highest BCUT2D eigenvalue weighted by Crippen LogP contribution is 2.40. The molecule has 1 aliphatic carbocycles. The lowest BCUT2D eigenvalue weighted by Crippen LogP contribution is -2.47. The molecule has 0 aromatic heterocycles. The van der Waals surface area contributed by atoms with Crippen molar-refractivity contribution in [1.82, 2.24) is 4.90 Å². The van der Waals surface area contributed by atoms with Crippen molar-refractivity contribution < 1.29 is 4.79 Å². The van der Waals surface area contributed by atoms with Crippen LogP contribution in [0.25, 0.3) is 0 Å². The summed E-state index contributed by atoms with van der Waals surface area (Å²) in [6, 6.07) is 7.91. The summed E-state index contributed by atoms with van der Waals surface area (Å²) < 4.78 is 0. The van der Waals surface area contributed by atoms with Gasteiger partial charge in [0.05, 0.1) is 0 Å². The minimum absolute atomic E-state index is 0.0994. The Morgan fingerprint density at radius 1 is 1.32 bits per heavy atom. The zero-order chi connectivity index (χ0) is 13.9. The molecule has 0 radical (unpaired) electrons. The molecule has 104 valence electrons. The lowest BCUT2D eigenvalue weighted by atomic mass is 9.68. The Morgan fingerprint density at radius 2 is 1.95 bits per heavy atom. The first kappa shape index (κ1) is 14.1. The fraction of sp³-hybridized carbons (Fsp3) is 0.562. The van der Waals surface area contributed by atoms with Gasteiger partial charge in [-0.1, -0.05) is 25.5 Å². The van der Waals surface area contributed by atoms with E-state index < -0.39 is 0 Å². The third-order valence-electron chi connectivity index (χ3n) is 4.38. The van der Waals surface area contributed by atoms with Crippen LogP contribution in [0, 0.1) is 5.41 Å². The summed E-state index contributed by atoms with van der Waals surface area (Å²) in [7, 11) is 1.88. The van der Waals surface area contributed by atoms with Gasteiger partial charge in [-0.2, -0.15) is 0 Å². The van der Waals surface area contributed by atoms with Gasteiger partial charge >= 0.3 is 0 Å². The Balaban J connectivity index is 2.01. The van der Waals surface area contributed by atoms with Crippen LogP contribution in [0.5, 0.6) is 0 Å². The molecule has 3 nitrogen and oxygen atoms in total. The Labute approximate surface area is 115 Å². The third-order valence-corrected chi connectivity index (χ3v) is 4.38. The van der Waals surface area contributed by atoms with Gasteiger partial charge in [0.2, 0.25) is 0 Å². The van der Waals surface area contributed by atoms with Gasteiger partial charge in [-0.05, 0) is 43.5 Å². The standard InChI is InChI=1S/C16H24N2O/c1-3-13-5-7-14(8-6-13)15(19)18(2)12-16(11-17)9-4-10-16/h5-8H,3-4,9-12,17H2,1-2H3. The molecule has 0 bridgehead atoms. The smallest absolute Gasteiger partial charge is 0.253 e. The summed E-state index contributed by atoms with van der Waals surface area (Å²) in [5.74, 6) is 0.0994. The highest BCUT2D eigenvalue weighted by molar-refractivity contribution is 5.94. The summed E-state index contributed by atoms with van der Waals surface area (Å²) >= 11 is 0. The van der Waals surface area contributed by atoms with E-state index in [1.165, 1.54) is 12.0 Å². The number of carbonyl (C=O) groups is 1. The van der Waals surface area contributed by atoms with Crippen LogP contribution in [0.1, 0.15) is 42.1 Å². The molecule has 2 N–H and O–H groups in total. The van der Waals surface area contributed by atoms with Gasteiger partial charge in [-0.15, -0.1) is 0 Å². The van der Waals surface area contributed by atoms with E-state index in [-0.39, 0.29) is 11.3 Å². The van der Waals surface area contributed by atoms with Crippen molar-refractivity contribution in [2.24, 2.45) is 11.1 Å². The van der Waals surface area contributed by atoms with Crippen molar-refractivity contribution >= 4 is 5.91 Å². The van der Waals surface area contributed by atoms with E-state index in [9.17, 15) is 4.79 Å². The van der Waals surface area contributed by atoms with Crippen LogP contribution in [0.2, 0.25) is 0 Å². The van der Waals surface area contributed by atoms with E-state index in [2.05, 4.69) is 6.92 Å². The fourth-order valence-corrected chi connectivity index (χ4v) is 2.78. The number of rotatable bonds is 5. The molecule has 1 amide bonds. The normalized spacial score (nSPS) is 16.8. The van der Waals surface area contributed by atoms with Crippen molar-refractivity contribution in [3.05, 3.63) is 35.4 Å².